The van der Waals surface area contributed by atoms with Gasteiger partial charge in [-0.3, -0.25) is 14.7 Å². The molecule has 0 aliphatic carbocycles. The van der Waals surface area contributed by atoms with Gasteiger partial charge in [-0.1, -0.05) is 24.8 Å². The van der Waals surface area contributed by atoms with Crippen molar-refractivity contribution in [2.45, 2.75) is 20.8 Å². The van der Waals surface area contributed by atoms with Gasteiger partial charge in [-0.15, -0.1) is 0 Å². The van der Waals surface area contributed by atoms with Crippen LogP contribution in [0.15, 0.2) is 23.2 Å². The number of hydrogen-bond donors (Lipinski definition) is 0. The van der Waals surface area contributed by atoms with Gasteiger partial charge in [0.15, 0.2) is 5.17 Å². The first-order chi connectivity index (χ1) is 8.63. The van der Waals surface area contributed by atoms with Gasteiger partial charge in [0.1, 0.15) is 0 Å². The lowest BCUT2D eigenvalue weighted by molar-refractivity contribution is 0.0860. The number of carbonyl (C=O) groups excluding carboxylic acids is 1. The van der Waals surface area contributed by atoms with Crippen molar-refractivity contribution >= 4 is 22.8 Å². The summed E-state index contributed by atoms with van der Waals surface area (Å²) in [4.78, 5) is 18.6. The molecule has 0 spiro atoms. The standard InChI is InChI=1S/C14H18N2OS/c1-4-18-14-15-7-8-16(14)13(17)12-6-5-10(2)11(3)9-12/h5-6,9H,4,7-8H2,1-3H3. The average molecular weight is 262 g/mol. The number of aryl methyl sites for hydroxylation is 2. The van der Waals surface area contributed by atoms with Gasteiger partial charge in [-0.25, -0.2) is 0 Å². The smallest absolute Gasteiger partial charge is 0.259 e. The highest BCUT2D eigenvalue weighted by atomic mass is 32.2. The first kappa shape index (κ1) is 13.1. The van der Waals surface area contributed by atoms with Crippen LogP contribution in [0.2, 0.25) is 0 Å². The third kappa shape index (κ3) is 2.58. The Kier molecular flexibility index (Phi) is 4.07. The summed E-state index contributed by atoms with van der Waals surface area (Å²) in [5.74, 6) is 1.01. The average Bonchev–Trinajstić information content (AvgIpc) is 2.80. The Morgan fingerprint density at radius 2 is 2.17 bits per heavy atom. The molecule has 0 atom stereocenters. The van der Waals surface area contributed by atoms with E-state index in [2.05, 4.69) is 18.8 Å². The molecule has 0 aromatic heterocycles. The highest BCUT2D eigenvalue weighted by Gasteiger charge is 2.24. The van der Waals surface area contributed by atoms with E-state index in [1.165, 1.54) is 5.56 Å². The number of rotatable bonds is 2. The minimum atomic E-state index is 0.0651. The minimum absolute atomic E-state index is 0.0651. The van der Waals surface area contributed by atoms with Crippen molar-refractivity contribution in [1.29, 1.82) is 0 Å². The van der Waals surface area contributed by atoms with Crippen molar-refractivity contribution in [3.63, 3.8) is 0 Å². The van der Waals surface area contributed by atoms with E-state index in [1.807, 2.05) is 25.1 Å². The van der Waals surface area contributed by atoms with Crippen LogP contribution < -0.4 is 0 Å². The summed E-state index contributed by atoms with van der Waals surface area (Å²) < 4.78 is 0. The molecule has 1 aliphatic heterocycles. The van der Waals surface area contributed by atoms with Crippen molar-refractivity contribution in [2.24, 2.45) is 4.99 Å². The first-order valence-electron chi connectivity index (χ1n) is 6.20. The molecule has 0 bridgehead atoms. The van der Waals surface area contributed by atoms with E-state index in [0.717, 1.165) is 28.6 Å². The maximum Gasteiger partial charge on any atom is 0.259 e. The fourth-order valence-corrected chi connectivity index (χ4v) is 2.67. The number of carbonyl (C=O) groups is 1. The van der Waals surface area contributed by atoms with Crippen molar-refractivity contribution in [3.05, 3.63) is 34.9 Å². The molecule has 1 aromatic rings. The largest absolute Gasteiger partial charge is 0.286 e. The zero-order chi connectivity index (χ0) is 13.1. The normalized spacial score (nSPS) is 14.8. The Balaban J connectivity index is 2.21. The number of aliphatic imine (C=N–C) groups is 1. The van der Waals surface area contributed by atoms with Crippen LogP contribution in [0.1, 0.15) is 28.4 Å². The number of nitrogens with zero attached hydrogens (tertiary/aromatic N) is 2. The Hall–Kier alpha value is -1.29. The quantitative estimate of drug-likeness (QED) is 0.821. The molecule has 1 heterocycles. The highest BCUT2D eigenvalue weighted by molar-refractivity contribution is 8.13. The molecule has 0 N–H and O–H groups in total. The van der Waals surface area contributed by atoms with Gasteiger partial charge in [0.25, 0.3) is 5.91 Å². The van der Waals surface area contributed by atoms with Crippen LogP contribution in [0, 0.1) is 13.8 Å². The van der Waals surface area contributed by atoms with E-state index in [-0.39, 0.29) is 5.91 Å². The highest BCUT2D eigenvalue weighted by Crippen LogP contribution is 2.18. The molecule has 3 nitrogen and oxygen atoms in total. The lowest BCUT2D eigenvalue weighted by Crippen LogP contribution is -2.32. The van der Waals surface area contributed by atoms with Crippen molar-refractivity contribution < 1.29 is 4.79 Å². The molecule has 1 aromatic carbocycles. The molecule has 4 heteroatoms. The Labute approximate surface area is 112 Å². The molecule has 0 saturated heterocycles. The topological polar surface area (TPSA) is 32.7 Å². The predicted molar refractivity (Wildman–Crippen MR) is 77.4 cm³/mol. The van der Waals surface area contributed by atoms with Gasteiger partial charge >= 0.3 is 0 Å². The maximum absolute atomic E-state index is 12.4. The lowest BCUT2D eigenvalue weighted by atomic mass is 10.1. The Morgan fingerprint density at radius 3 is 2.83 bits per heavy atom. The van der Waals surface area contributed by atoms with Crippen LogP contribution in [0.5, 0.6) is 0 Å². The monoisotopic (exact) mass is 262 g/mol. The van der Waals surface area contributed by atoms with Crippen LogP contribution in [0.4, 0.5) is 0 Å². The summed E-state index contributed by atoms with van der Waals surface area (Å²) in [5.41, 5.74) is 3.12. The third-order valence-corrected chi connectivity index (χ3v) is 3.97. The van der Waals surface area contributed by atoms with Crippen LogP contribution in [0.25, 0.3) is 0 Å². The Morgan fingerprint density at radius 1 is 1.39 bits per heavy atom. The van der Waals surface area contributed by atoms with Crippen LogP contribution in [-0.4, -0.2) is 34.8 Å². The molecular formula is C14H18N2OS. The molecule has 0 saturated carbocycles. The van der Waals surface area contributed by atoms with Crippen LogP contribution in [0.3, 0.4) is 0 Å². The summed E-state index contributed by atoms with van der Waals surface area (Å²) in [6, 6.07) is 5.86. The summed E-state index contributed by atoms with van der Waals surface area (Å²) in [7, 11) is 0. The molecule has 96 valence electrons. The second-order valence-electron chi connectivity index (χ2n) is 4.35. The first-order valence-corrected chi connectivity index (χ1v) is 7.18. The maximum atomic E-state index is 12.4. The Bertz CT molecular complexity index is 497. The van der Waals surface area contributed by atoms with E-state index in [0.29, 0.717) is 6.54 Å². The van der Waals surface area contributed by atoms with Gasteiger partial charge in [0.05, 0.1) is 6.54 Å². The van der Waals surface area contributed by atoms with Gasteiger partial charge in [-0.05, 0) is 42.9 Å². The van der Waals surface area contributed by atoms with Gasteiger partial charge < -0.3 is 0 Å². The van der Waals surface area contributed by atoms with Crippen LogP contribution >= 0.6 is 11.8 Å². The SMILES string of the molecule is CCSC1=NCCN1C(=O)c1ccc(C)c(C)c1. The summed E-state index contributed by atoms with van der Waals surface area (Å²) in [6.07, 6.45) is 0. The zero-order valence-corrected chi connectivity index (χ0v) is 11.9. The fraction of sp³-hybridized carbons (Fsp3) is 0.429. The summed E-state index contributed by atoms with van der Waals surface area (Å²) in [6.45, 7) is 7.59. The van der Waals surface area contributed by atoms with Gasteiger partial charge in [-0.2, -0.15) is 0 Å². The van der Waals surface area contributed by atoms with Crippen molar-refractivity contribution in [3.8, 4) is 0 Å². The second kappa shape index (κ2) is 5.57. The molecule has 1 amide bonds. The number of benzene rings is 1. The number of amides is 1. The molecule has 1 aliphatic rings. The summed E-state index contributed by atoms with van der Waals surface area (Å²) >= 11 is 1.63. The molecule has 0 fully saturated rings. The van der Waals surface area contributed by atoms with Crippen molar-refractivity contribution in [1.82, 2.24) is 4.90 Å². The molecular weight excluding hydrogens is 244 g/mol. The lowest BCUT2D eigenvalue weighted by Gasteiger charge is -2.18. The van der Waals surface area contributed by atoms with Crippen molar-refractivity contribution in [2.75, 3.05) is 18.8 Å². The third-order valence-electron chi connectivity index (χ3n) is 3.07. The van der Waals surface area contributed by atoms with Gasteiger partial charge in [0, 0.05) is 12.1 Å². The number of hydrogen-bond acceptors (Lipinski definition) is 3. The predicted octanol–water partition coefficient (Wildman–Crippen LogP) is 2.87. The van der Waals surface area contributed by atoms with E-state index in [4.69, 9.17) is 0 Å². The second-order valence-corrected chi connectivity index (χ2v) is 5.58. The number of thioether (sulfide) groups is 1. The van der Waals surface area contributed by atoms with Crippen LogP contribution in [-0.2, 0) is 0 Å². The van der Waals surface area contributed by atoms with Gasteiger partial charge in [0.2, 0.25) is 0 Å². The van der Waals surface area contributed by atoms with E-state index in [9.17, 15) is 4.79 Å². The molecule has 0 radical (unpaired) electrons. The molecule has 18 heavy (non-hydrogen) atoms. The van der Waals surface area contributed by atoms with E-state index in [1.54, 1.807) is 16.7 Å². The fourth-order valence-electron chi connectivity index (χ4n) is 1.90. The zero-order valence-electron chi connectivity index (χ0n) is 11.1. The number of amidine groups is 1. The van der Waals surface area contributed by atoms with E-state index >= 15 is 0 Å². The summed E-state index contributed by atoms with van der Waals surface area (Å²) in [5, 5.41) is 0.862. The molecule has 2 rings (SSSR count). The van der Waals surface area contributed by atoms with E-state index < -0.39 is 0 Å². The minimum Gasteiger partial charge on any atom is -0.286 e. The molecule has 0 unspecified atom stereocenters.